The van der Waals surface area contributed by atoms with Gasteiger partial charge in [0.25, 0.3) is 0 Å². The highest BCUT2D eigenvalue weighted by molar-refractivity contribution is 5.98. The Balaban J connectivity index is 0.000000845. The average molecular weight is 236 g/mol. The molecule has 78 valence electrons. The Bertz CT molecular complexity index is 343. The summed E-state index contributed by atoms with van der Waals surface area (Å²) < 4.78 is 0. The van der Waals surface area contributed by atoms with Crippen LogP contribution in [0.4, 0.5) is 5.82 Å². The largest absolute Gasteiger partial charge is 0.326 e. The van der Waals surface area contributed by atoms with Crippen LogP contribution in [0, 0.1) is 0 Å². The predicted molar refractivity (Wildman–Crippen MR) is 59.0 cm³/mol. The molecule has 0 atom stereocenters. The summed E-state index contributed by atoms with van der Waals surface area (Å²) in [7, 11) is 0. The van der Waals surface area contributed by atoms with E-state index in [1.54, 1.807) is 6.20 Å². The number of hydrogen-bond donors (Lipinski definition) is 2. The Kier molecular flexibility index (Phi) is 4.83. The van der Waals surface area contributed by atoms with Crippen LogP contribution in [-0.4, -0.2) is 10.9 Å². The van der Waals surface area contributed by atoms with Crippen molar-refractivity contribution in [3.63, 3.8) is 0 Å². The van der Waals surface area contributed by atoms with Gasteiger partial charge in [0, 0.05) is 18.3 Å². The number of hydrogen-bond acceptors (Lipinski definition) is 3. The molecule has 6 heteroatoms. The molecular formula is C8H11Cl2N3O. The lowest BCUT2D eigenvalue weighted by Crippen LogP contribution is -2.04. The zero-order chi connectivity index (χ0) is 8.55. The fourth-order valence-electron chi connectivity index (χ4n) is 1.37. The van der Waals surface area contributed by atoms with Crippen molar-refractivity contribution in [2.75, 3.05) is 5.32 Å². The van der Waals surface area contributed by atoms with Gasteiger partial charge in [0.15, 0.2) is 0 Å². The van der Waals surface area contributed by atoms with E-state index >= 15 is 0 Å². The SMILES string of the molecule is Cl.Cl.NCc1ccnc2c1CC(=O)N2. The maximum Gasteiger partial charge on any atom is 0.230 e. The maximum absolute atomic E-state index is 11.0. The molecule has 0 spiro atoms. The topological polar surface area (TPSA) is 68.0 Å². The fourth-order valence-corrected chi connectivity index (χ4v) is 1.37. The molecule has 1 aliphatic heterocycles. The second-order valence-corrected chi connectivity index (χ2v) is 2.73. The molecule has 0 radical (unpaired) electrons. The van der Waals surface area contributed by atoms with Crippen LogP contribution in [0.2, 0.25) is 0 Å². The molecule has 4 nitrogen and oxygen atoms in total. The van der Waals surface area contributed by atoms with Crippen molar-refractivity contribution in [1.82, 2.24) is 4.98 Å². The number of carbonyl (C=O) groups is 1. The second kappa shape index (κ2) is 5.14. The highest BCUT2D eigenvalue weighted by Crippen LogP contribution is 2.22. The summed E-state index contributed by atoms with van der Waals surface area (Å²) in [5, 5.41) is 2.67. The minimum Gasteiger partial charge on any atom is -0.326 e. The Hall–Kier alpha value is -0.840. The van der Waals surface area contributed by atoms with E-state index in [9.17, 15) is 4.79 Å². The highest BCUT2D eigenvalue weighted by atomic mass is 35.5. The summed E-state index contributed by atoms with van der Waals surface area (Å²) >= 11 is 0. The average Bonchev–Trinajstić information content (AvgIpc) is 2.44. The quantitative estimate of drug-likeness (QED) is 0.760. The van der Waals surface area contributed by atoms with Crippen LogP contribution >= 0.6 is 24.8 Å². The third-order valence-electron chi connectivity index (χ3n) is 1.97. The summed E-state index contributed by atoms with van der Waals surface area (Å²) in [5.41, 5.74) is 7.45. The van der Waals surface area contributed by atoms with Crippen LogP contribution in [-0.2, 0) is 17.8 Å². The number of anilines is 1. The van der Waals surface area contributed by atoms with E-state index in [4.69, 9.17) is 5.73 Å². The van der Waals surface area contributed by atoms with Crippen molar-refractivity contribution < 1.29 is 4.79 Å². The van der Waals surface area contributed by atoms with Gasteiger partial charge in [-0.2, -0.15) is 0 Å². The molecule has 1 aliphatic rings. The minimum atomic E-state index is -0.00148. The number of carbonyl (C=O) groups excluding carboxylic acids is 1. The lowest BCUT2D eigenvalue weighted by atomic mass is 10.1. The third kappa shape index (κ3) is 2.15. The molecule has 0 aromatic carbocycles. The number of nitrogens with zero attached hydrogens (tertiary/aromatic N) is 1. The Morgan fingerprint density at radius 1 is 1.50 bits per heavy atom. The van der Waals surface area contributed by atoms with E-state index in [1.807, 2.05) is 6.07 Å². The van der Waals surface area contributed by atoms with E-state index in [0.29, 0.717) is 18.8 Å². The number of rotatable bonds is 1. The van der Waals surface area contributed by atoms with Crippen molar-refractivity contribution >= 4 is 36.5 Å². The van der Waals surface area contributed by atoms with E-state index in [2.05, 4.69) is 10.3 Å². The molecule has 0 unspecified atom stereocenters. The second-order valence-electron chi connectivity index (χ2n) is 2.73. The molecule has 0 aliphatic carbocycles. The molecule has 0 saturated carbocycles. The first kappa shape index (κ1) is 13.2. The monoisotopic (exact) mass is 235 g/mol. The number of nitrogens with one attached hydrogen (secondary N) is 1. The molecule has 1 amide bonds. The van der Waals surface area contributed by atoms with Crippen molar-refractivity contribution in [2.24, 2.45) is 5.73 Å². The number of fused-ring (bicyclic) bond motifs is 1. The zero-order valence-electron chi connectivity index (χ0n) is 7.32. The van der Waals surface area contributed by atoms with Crippen LogP contribution in [0.3, 0.4) is 0 Å². The number of nitrogens with two attached hydrogens (primary N) is 1. The summed E-state index contributed by atoms with van der Waals surface area (Å²) in [4.78, 5) is 15.0. The molecule has 0 bridgehead atoms. The van der Waals surface area contributed by atoms with Gasteiger partial charge in [-0.3, -0.25) is 4.79 Å². The van der Waals surface area contributed by atoms with E-state index in [1.165, 1.54) is 0 Å². The van der Waals surface area contributed by atoms with Crippen molar-refractivity contribution in [1.29, 1.82) is 0 Å². The van der Waals surface area contributed by atoms with E-state index < -0.39 is 0 Å². The van der Waals surface area contributed by atoms with E-state index in [-0.39, 0.29) is 30.7 Å². The van der Waals surface area contributed by atoms with E-state index in [0.717, 1.165) is 11.1 Å². The van der Waals surface area contributed by atoms with Gasteiger partial charge >= 0.3 is 0 Å². The van der Waals surface area contributed by atoms with Gasteiger partial charge < -0.3 is 11.1 Å². The smallest absolute Gasteiger partial charge is 0.230 e. The highest BCUT2D eigenvalue weighted by Gasteiger charge is 2.20. The summed E-state index contributed by atoms with van der Waals surface area (Å²) in [5.74, 6) is 0.668. The predicted octanol–water partition coefficient (Wildman–Crippen LogP) is 0.879. The standard InChI is InChI=1S/C8H9N3O.2ClH/c9-4-5-1-2-10-8-6(5)3-7(12)11-8;;/h1-2H,3-4,9H2,(H,10,11,12);2*1H. The number of halogens is 2. The lowest BCUT2D eigenvalue weighted by molar-refractivity contribution is -0.115. The molecule has 14 heavy (non-hydrogen) atoms. The number of pyridine rings is 1. The van der Waals surface area contributed by atoms with Gasteiger partial charge in [0.2, 0.25) is 5.91 Å². The first-order valence-electron chi connectivity index (χ1n) is 3.78. The summed E-state index contributed by atoms with van der Waals surface area (Å²) in [6, 6.07) is 1.85. The van der Waals surface area contributed by atoms with Gasteiger partial charge in [0.1, 0.15) is 5.82 Å². The number of amides is 1. The van der Waals surface area contributed by atoms with Crippen molar-refractivity contribution in [2.45, 2.75) is 13.0 Å². The molecule has 1 aromatic heterocycles. The normalized spacial score (nSPS) is 12.2. The minimum absolute atomic E-state index is 0. The fraction of sp³-hybridized carbons (Fsp3) is 0.250. The molecule has 3 N–H and O–H groups in total. The van der Waals surface area contributed by atoms with Crippen molar-refractivity contribution in [3.8, 4) is 0 Å². The van der Waals surface area contributed by atoms with Crippen LogP contribution in [0.1, 0.15) is 11.1 Å². The van der Waals surface area contributed by atoms with Crippen LogP contribution < -0.4 is 11.1 Å². The van der Waals surface area contributed by atoms with Gasteiger partial charge in [-0.15, -0.1) is 24.8 Å². The maximum atomic E-state index is 11.0. The van der Waals surface area contributed by atoms with Gasteiger partial charge in [-0.05, 0) is 11.6 Å². The Morgan fingerprint density at radius 2 is 2.21 bits per heavy atom. The van der Waals surface area contributed by atoms with Gasteiger partial charge in [-0.1, -0.05) is 0 Å². The Morgan fingerprint density at radius 3 is 2.86 bits per heavy atom. The zero-order valence-corrected chi connectivity index (χ0v) is 8.95. The molecule has 2 heterocycles. The third-order valence-corrected chi connectivity index (χ3v) is 1.97. The summed E-state index contributed by atoms with van der Waals surface area (Å²) in [6.07, 6.45) is 2.07. The van der Waals surface area contributed by atoms with Gasteiger partial charge in [-0.25, -0.2) is 4.98 Å². The first-order valence-corrected chi connectivity index (χ1v) is 3.78. The first-order chi connectivity index (χ1) is 5.81. The van der Waals surface area contributed by atoms with Gasteiger partial charge in [0.05, 0.1) is 6.42 Å². The molecule has 0 saturated heterocycles. The van der Waals surface area contributed by atoms with Crippen LogP contribution in [0.25, 0.3) is 0 Å². The van der Waals surface area contributed by atoms with Crippen LogP contribution in [0.5, 0.6) is 0 Å². The Labute approximate surface area is 94.1 Å². The lowest BCUT2D eigenvalue weighted by Gasteiger charge is -2.01. The summed E-state index contributed by atoms with van der Waals surface area (Å²) in [6.45, 7) is 0.458. The molecule has 1 aromatic rings. The number of aromatic nitrogens is 1. The van der Waals surface area contributed by atoms with Crippen molar-refractivity contribution in [3.05, 3.63) is 23.4 Å². The molecule has 0 fully saturated rings. The molecular weight excluding hydrogens is 225 g/mol. The van der Waals surface area contributed by atoms with Crippen LogP contribution in [0.15, 0.2) is 12.3 Å². The molecule has 2 rings (SSSR count).